The molecule has 3 N–H and O–H groups in total. The van der Waals surface area contributed by atoms with Crippen molar-refractivity contribution >= 4 is 29.1 Å². The molecule has 1 aliphatic heterocycles. The minimum atomic E-state index is -0.212. The smallest absolute Gasteiger partial charge is 0.253 e. The number of carbonyl (C=O) groups is 2. The summed E-state index contributed by atoms with van der Waals surface area (Å²) in [6.07, 6.45) is 1.03. The summed E-state index contributed by atoms with van der Waals surface area (Å²) in [6, 6.07) is 5.04. The average Bonchev–Trinajstić information content (AvgIpc) is 2.51. The molecule has 1 aromatic rings. The van der Waals surface area contributed by atoms with Crippen molar-refractivity contribution in [2.45, 2.75) is 33.2 Å². The van der Waals surface area contributed by atoms with Gasteiger partial charge < -0.3 is 16.0 Å². The number of hydrogen-bond acceptors (Lipinski definition) is 3. The number of anilines is 1. The van der Waals surface area contributed by atoms with Crippen LogP contribution in [0, 0.1) is 11.8 Å². The molecule has 2 unspecified atom stereocenters. The second kappa shape index (κ2) is 7.79. The summed E-state index contributed by atoms with van der Waals surface area (Å²) in [5.74, 6) is -0.0140. The van der Waals surface area contributed by atoms with Gasteiger partial charge in [-0.05, 0) is 37.1 Å². The van der Waals surface area contributed by atoms with E-state index in [2.05, 4.69) is 22.9 Å². The van der Waals surface area contributed by atoms with Gasteiger partial charge in [0.1, 0.15) is 0 Å². The maximum Gasteiger partial charge on any atom is 0.253 e. The Labute approximate surface area is 142 Å². The fourth-order valence-electron chi connectivity index (χ4n) is 2.49. The fourth-order valence-corrected chi connectivity index (χ4v) is 2.70. The van der Waals surface area contributed by atoms with Crippen LogP contribution in [0.3, 0.4) is 0 Å². The van der Waals surface area contributed by atoms with Crippen molar-refractivity contribution in [3.05, 3.63) is 28.8 Å². The lowest BCUT2D eigenvalue weighted by Crippen LogP contribution is -2.50. The lowest BCUT2D eigenvalue weighted by Gasteiger charge is -2.30. The second-order valence-corrected chi connectivity index (χ2v) is 6.80. The van der Waals surface area contributed by atoms with E-state index in [0.29, 0.717) is 22.2 Å². The van der Waals surface area contributed by atoms with E-state index in [0.717, 1.165) is 19.5 Å². The molecule has 23 heavy (non-hydrogen) atoms. The van der Waals surface area contributed by atoms with Gasteiger partial charge in [-0.15, -0.1) is 0 Å². The number of benzene rings is 1. The zero-order valence-corrected chi connectivity index (χ0v) is 14.5. The monoisotopic (exact) mass is 337 g/mol. The molecule has 1 fully saturated rings. The molecule has 1 aliphatic rings. The van der Waals surface area contributed by atoms with Gasteiger partial charge in [-0.1, -0.05) is 32.4 Å². The van der Waals surface area contributed by atoms with Crippen LogP contribution in [0.25, 0.3) is 0 Å². The van der Waals surface area contributed by atoms with Crippen LogP contribution in [0.2, 0.25) is 5.02 Å². The minimum absolute atomic E-state index is 0.0845. The first-order chi connectivity index (χ1) is 10.9. The Morgan fingerprint density at radius 3 is 2.74 bits per heavy atom. The number of piperidine rings is 1. The van der Waals surface area contributed by atoms with E-state index < -0.39 is 0 Å². The maximum atomic E-state index is 12.5. The third-order valence-electron chi connectivity index (χ3n) is 4.15. The standard InChI is InChI=1S/C17H24ClN3O2/c1-10(2)16(22)20-12-4-5-14(18)13(8-12)17(23)21-15-9-19-7-6-11(15)3/h4-5,8,10-11,15,19H,6-7,9H2,1-3H3,(H,20,22)(H,21,23). The highest BCUT2D eigenvalue weighted by molar-refractivity contribution is 6.34. The Balaban J connectivity index is 2.11. The van der Waals surface area contributed by atoms with E-state index in [4.69, 9.17) is 11.6 Å². The maximum absolute atomic E-state index is 12.5. The summed E-state index contributed by atoms with van der Waals surface area (Å²) in [5.41, 5.74) is 0.957. The SMILES string of the molecule is CC(C)C(=O)Nc1ccc(Cl)c(C(=O)NC2CNCCC2C)c1. The molecule has 0 aromatic heterocycles. The molecule has 0 bridgehead atoms. The lowest BCUT2D eigenvalue weighted by molar-refractivity contribution is -0.118. The number of halogens is 1. The topological polar surface area (TPSA) is 70.2 Å². The molecule has 2 amide bonds. The number of carbonyl (C=O) groups excluding carboxylic acids is 2. The predicted octanol–water partition coefficient (Wildman–Crippen LogP) is 2.66. The molecule has 0 aliphatic carbocycles. The fraction of sp³-hybridized carbons (Fsp3) is 0.529. The number of nitrogens with one attached hydrogen (secondary N) is 3. The molecule has 2 atom stereocenters. The highest BCUT2D eigenvalue weighted by Gasteiger charge is 2.24. The molecule has 5 nitrogen and oxygen atoms in total. The summed E-state index contributed by atoms with van der Waals surface area (Å²) in [4.78, 5) is 24.3. The van der Waals surface area contributed by atoms with Gasteiger partial charge in [0.25, 0.3) is 5.91 Å². The molecule has 126 valence electrons. The third kappa shape index (κ3) is 4.69. The van der Waals surface area contributed by atoms with Crippen LogP contribution < -0.4 is 16.0 Å². The highest BCUT2D eigenvalue weighted by Crippen LogP contribution is 2.22. The number of amides is 2. The van der Waals surface area contributed by atoms with E-state index in [-0.39, 0.29) is 23.8 Å². The van der Waals surface area contributed by atoms with E-state index in [1.54, 1.807) is 18.2 Å². The summed E-state index contributed by atoms with van der Waals surface area (Å²) in [5, 5.41) is 9.48. The van der Waals surface area contributed by atoms with Crippen molar-refractivity contribution in [3.8, 4) is 0 Å². The van der Waals surface area contributed by atoms with E-state index in [1.807, 2.05) is 13.8 Å². The predicted molar refractivity (Wildman–Crippen MR) is 92.8 cm³/mol. The quantitative estimate of drug-likeness (QED) is 0.791. The van der Waals surface area contributed by atoms with Crippen LogP contribution in [0.4, 0.5) is 5.69 Å². The van der Waals surface area contributed by atoms with Gasteiger partial charge in [0.05, 0.1) is 10.6 Å². The van der Waals surface area contributed by atoms with Crippen molar-refractivity contribution in [2.75, 3.05) is 18.4 Å². The molecule has 1 aromatic carbocycles. The van der Waals surface area contributed by atoms with Gasteiger partial charge in [0.15, 0.2) is 0 Å². The van der Waals surface area contributed by atoms with E-state index >= 15 is 0 Å². The molecule has 0 saturated carbocycles. The van der Waals surface area contributed by atoms with Crippen LogP contribution in [0.5, 0.6) is 0 Å². The van der Waals surface area contributed by atoms with Crippen LogP contribution >= 0.6 is 11.6 Å². The number of hydrogen-bond donors (Lipinski definition) is 3. The average molecular weight is 338 g/mol. The first-order valence-electron chi connectivity index (χ1n) is 8.00. The Morgan fingerprint density at radius 1 is 1.35 bits per heavy atom. The first kappa shape index (κ1) is 17.8. The van der Waals surface area contributed by atoms with Crippen LogP contribution in [0.1, 0.15) is 37.6 Å². The largest absolute Gasteiger partial charge is 0.348 e. The molecule has 0 spiro atoms. The number of rotatable bonds is 4. The van der Waals surface area contributed by atoms with Crippen LogP contribution in [-0.2, 0) is 4.79 Å². The zero-order chi connectivity index (χ0) is 17.0. The minimum Gasteiger partial charge on any atom is -0.348 e. The highest BCUT2D eigenvalue weighted by atomic mass is 35.5. The van der Waals surface area contributed by atoms with Crippen molar-refractivity contribution in [2.24, 2.45) is 11.8 Å². The Hall–Kier alpha value is -1.59. The Bertz CT molecular complexity index is 589. The van der Waals surface area contributed by atoms with E-state index in [1.165, 1.54) is 0 Å². The molecule has 0 radical (unpaired) electrons. The lowest BCUT2D eigenvalue weighted by atomic mass is 9.94. The van der Waals surface area contributed by atoms with Crippen molar-refractivity contribution in [3.63, 3.8) is 0 Å². The first-order valence-corrected chi connectivity index (χ1v) is 8.38. The zero-order valence-electron chi connectivity index (χ0n) is 13.8. The molecule has 6 heteroatoms. The van der Waals surface area contributed by atoms with Gasteiger partial charge in [0.2, 0.25) is 5.91 Å². The van der Waals surface area contributed by atoms with E-state index in [9.17, 15) is 9.59 Å². The Morgan fingerprint density at radius 2 is 2.09 bits per heavy atom. The van der Waals surface area contributed by atoms with Crippen LogP contribution in [0.15, 0.2) is 18.2 Å². The summed E-state index contributed by atoms with van der Waals surface area (Å²) in [6.45, 7) is 7.50. The van der Waals surface area contributed by atoms with Gasteiger partial charge in [0, 0.05) is 24.2 Å². The normalized spacial score (nSPS) is 21.1. The summed E-state index contributed by atoms with van der Waals surface area (Å²) < 4.78 is 0. The van der Waals surface area contributed by atoms with Gasteiger partial charge in [-0.3, -0.25) is 9.59 Å². The van der Waals surface area contributed by atoms with Crippen molar-refractivity contribution < 1.29 is 9.59 Å². The third-order valence-corrected chi connectivity index (χ3v) is 4.48. The summed E-state index contributed by atoms with van der Waals surface area (Å²) in [7, 11) is 0. The molecular formula is C17H24ClN3O2. The van der Waals surface area contributed by atoms with Crippen molar-refractivity contribution in [1.82, 2.24) is 10.6 Å². The van der Waals surface area contributed by atoms with Gasteiger partial charge in [-0.25, -0.2) is 0 Å². The van der Waals surface area contributed by atoms with Crippen LogP contribution in [-0.4, -0.2) is 30.9 Å². The molecule has 2 rings (SSSR count). The molecule has 1 saturated heterocycles. The second-order valence-electron chi connectivity index (χ2n) is 6.39. The summed E-state index contributed by atoms with van der Waals surface area (Å²) >= 11 is 6.16. The van der Waals surface area contributed by atoms with Gasteiger partial charge in [-0.2, -0.15) is 0 Å². The molecule has 1 heterocycles. The van der Waals surface area contributed by atoms with Gasteiger partial charge >= 0.3 is 0 Å². The molecular weight excluding hydrogens is 314 g/mol. The Kier molecular flexibility index (Phi) is 6.02. The van der Waals surface area contributed by atoms with Crippen molar-refractivity contribution in [1.29, 1.82) is 0 Å².